The number of rotatable bonds is 5. The lowest BCUT2D eigenvalue weighted by atomic mass is 9.97. The third-order valence-corrected chi connectivity index (χ3v) is 7.45. The fraction of sp³-hybridized carbons (Fsp3) is 0.409. The Bertz CT molecular complexity index is 934. The fourth-order valence-corrected chi connectivity index (χ4v) is 5.00. The van der Waals surface area contributed by atoms with E-state index >= 15 is 0 Å². The van der Waals surface area contributed by atoms with Gasteiger partial charge in [-0.15, -0.1) is 0 Å². The smallest absolute Gasteiger partial charge is 0.243 e. The zero-order valence-corrected chi connectivity index (χ0v) is 17.6. The maximum absolute atomic E-state index is 12.9. The van der Waals surface area contributed by atoms with Crippen molar-refractivity contribution in [3.8, 4) is 0 Å². The standard InChI is InChI=1S/C22H28N2O3S/c1-17-9-10-21(15-18(17)2)28(26,27)24-13-11-23(12-14-24)22(25)16-19(3)20-7-5-4-6-8-20/h4-10,15,19H,11-14,16H2,1-3H3/t19-/m0/s1. The average molecular weight is 401 g/mol. The third kappa shape index (κ3) is 4.45. The van der Waals surface area contributed by atoms with E-state index in [0.29, 0.717) is 37.5 Å². The molecule has 1 aliphatic heterocycles. The zero-order chi connectivity index (χ0) is 20.3. The van der Waals surface area contributed by atoms with Crippen molar-refractivity contribution in [1.29, 1.82) is 0 Å². The van der Waals surface area contributed by atoms with Crippen molar-refractivity contribution >= 4 is 15.9 Å². The molecule has 0 radical (unpaired) electrons. The van der Waals surface area contributed by atoms with Gasteiger partial charge in [0.15, 0.2) is 0 Å². The summed E-state index contributed by atoms with van der Waals surface area (Å²) in [6.45, 7) is 7.47. The van der Waals surface area contributed by atoms with Crippen LogP contribution in [0.4, 0.5) is 0 Å². The number of carbonyl (C=O) groups is 1. The minimum Gasteiger partial charge on any atom is -0.340 e. The molecule has 6 heteroatoms. The maximum atomic E-state index is 12.9. The number of nitrogens with zero attached hydrogens (tertiary/aromatic N) is 2. The van der Waals surface area contributed by atoms with Gasteiger partial charge in [-0.05, 0) is 48.6 Å². The van der Waals surface area contributed by atoms with Gasteiger partial charge in [0.25, 0.3) is 0 Å². The van der Waals surface area contributed by atoms with E-state index in [1.807, 2.05) is 57.2 Å². The normalized spacial score (nSPS) is 16.8. The van der Waals surface area contributed by atoms with E-state index in [1.165, 1.54) is 4.31 Å². The number of sulfonamides is 1. The molecule has 0 spiro atoms. The largest absolute Gasteiger partial charge is 0.340 e. The highest BCUT2D eigenvalue weighted by Gasteiger charge is 2.30. The summed E-state index contributed by atoms with van der Waals surface area (Å²) < 4.78 is 27.3. The van der Waals surface area contributed by atoms with Crippen LogP contribution in [-0.2, 0) is 14.8 Å². The lowest BCUT2D eigenvalue weighted by Crippen LogP contribution is -2.50. The van der Waals surface area contributed by atoms with Gasteiger partial charge in [0.2, 0.25) is 15.9 Å². The topological polar surface area (TPSA) is 57.7 Å². The predicted octanol–water partition coefficient (Wildman–Crippen LogP) is 3.33. The predicted molar refractivity (Wildman–Crippen MR) is 111 cm³/mol. The molecule has 1 atom stereocenters. The number of hydrogen-bond donors (Lipinski definition) is 0. The van der Waals surface area contributed by atoms with Crippen LogP contribution in [0.15, 0.2) is 53.4 Å². The van der Waals surface area contributed by atoms with Gasteiger partial charge >= 0.3 is 0 Å². The molecule has 3 rings (SSSR count). The summed E-state index contributed by atoms with van der Waals surface area (Å²) in [5, 5.41) is 0. The first kappa shape index (κ1) is 20.6. The van der Waals surface area contributed by atoms with Crippen LogP contribution in [0.1, 0.15) is 36.0 Å². The Morgan fingerprint density at radius 2 is 1.61 bits per heavy atom. The number of aryl methyl sites for hydroxylation is 2. The van der Waals surface area contributed by atoms with Crippen LogP contribution in [0, 0.1) is 13.8 Å². The second kappa shape index (κ2) is 8.45. The van der Waals surface area contributed by atoms with Crippen LogP contribution in [-0.4, -0.2) is 49.7 Å². The molecule has 1 heterocycles. The lowest BCUT2D eigenvalue weighted by molar-refractivity contribution is -0.132. The van der Waals surface area contributed by atoms with Crippen LogP contribution in [0.3, 0.4) is 0 Å². The van der Waals surface area contributed by atoms with E-state index in [0.717, 1.165) is 16.7 Å². The quantitative estimate of drug-likeness (QED) is 0.774. The molecule has 0 aromatic heterocycles. The Kier molecular flexibility index (Phi) is 6.20. The Morgan fingerprint density at radius 1 is 0.964 bits per heavy atom. The Morgan fingerprint density at radius 3 is 2.21 bits per heavy atom. The first-order valence-electron chi connectivity index (χ1n) is 9.69. The van der Waals surface area contributed by atoms with Gasteiger partial charge in [0, 0.05) is 32.6 Å². The van der Waals surface area contributed by atoms with E-state index in [9.17, 15) is 13.2 Å². The Balaban J connectivity index is 1.60. The molecule has 1 aliphatic rings. The molecule has 150 valence electrons. The number of carbonyl (C=O) groups excluding carboxylic acids is 1. The van der Waals surface area contributed by atoms with Crippen molar-refractivity contribution in [1.82, 2.24) is 9.21 Å². The SMILES string of the molecule is Cc1ccc(S(=O)(=O)N2CCN(C(=O)C[C@H](C)c3ccccc3)CC2)cc1C. The van der Waals surface area contributed by atoms with E-state index in [1.54, 1.807) is 17.0 Å². The number of hydrogen-bond acceptors (Lipinski definition) is 3. The minimum absolute atomic E-state index is 0.0829. The summed E-state index contributed by atoms with van der Waals surface area (Å²) in [4.78, 5) is 14.8. The lowest BCUT2D eigenvalue weighted by Gasteiger charge is -2.34. The van der Waals surface area contributed by atoms with Crippen molar-refractivity contribution in [3.63, 3.8) is 0 Å². The monoisotopic (exact) mass is 400 g/mol. The highest BCUT2D eigenvalue weighted by molar-refractivity contribution is 7.89. The maximum Gasteiger partial charge on any atom is 0.243 e. The molecule has 1 saturated heterocycles. The van der Waals surface area contributed by atoms with E-state index in [-0.39, 0.29) is 11.8 Å². The zero-order valence-electron chi connectivity index (χ0n) is 16.8. The first-order chi connectivity index (χ1) is 13.3. The number of benzene rings is 2. The summed E-state index contributed by atoms with van der Waals surface area (Å²) >= 11 is 0. The molecular formula is C22H28N2O3S. The molecule has 1 fully saturated rings. The highest BCUT2D eigenvalue weighted by atomic mass is 32.2. The van der Waals surface area contributed by atoms with Crippen molar-refractivity contribution in [2.75, 3.05) is 26.2 Å². The van der Waals surface area contributed by atoms with E-state index < -0.39 is 10.0 Å². The van der Waals surface area contributed by atoms with Gasteiger partial charge in [-0.3, -0.25) is 4.79 Å². The Labute approximate surface area is 168 Å². The molecule has 0 unspecified atom stereocenters. The average Bonchev–Trinajstić information content (AvgIpc) is 2.70. The van der Waals surface area contributed by atoms with Crippen molar-refractivity contribution in [2.24, 2.45) is 0 Å². The van der Waals surface area contributed by atoms with Crippen LogP contribution >= 0.6 is 0 Å². The molecule has 0 N–H and O–H groups in total. The van der Waals surface area contributed by atoms with Crippen LogP contribution in [0.5, 0.6) is 0 Å². The van der Waals surface area contributed by atoms with E-state index in [4.69, 9.17) is 0 Å². The van der Waals surface area contributed by atoms with Crippen molar-refractivity contribution in [2.45, 2.75) is 38.0 Å². The van der Waals surface area contributed by atoms with Crippen molar-refractivity contribution < 1.29 is 13.2 Å². The van der Waals surface area contributed by atoms with Gasteiger partial charge in [-0.25, -0.2) is 8.42 Å². The molecule has 2 aromatic rings. The van der Waals surface area contributed by atoms with Gasteiger partial charge in [-0.2, -0.15) is 4.31 Å². The second-order valence-electron chi connectivity index (χ2n) is 7.55. The first-order valence-corrected chi connectivity index (χ1v) is 11.1. The van der Waals surface area contributed by atoms with Crippen molar-refractivity contribution in [3.05, 3.63) is 65.2 Å². The molecular weight excluding hydrogens is 372 g/mol. The van der Waals surface area contributed by atoms with Gasteiger partial charge in [0.05, 0.1) is 4.90 Å². The molecule has 28 heavy (non-hydrogen) atoms. The number of piperazine rings is 1. The van der Waals surface area contributed by atoms with Crippen LogP contribution < -0.4 is 0 Å². The molecule has 2 aromatic carbocycles. The molecule has 1 amide bonds. The summed E-state index contributed by atoms with van der Waals surface area (Å²) in [7, 11) is -3.52. The molecule has 0 saturated carbocycles. The van der Waals surface area contributed by atoms with E-state index in [2.05, 4.69) is 0 Å². The Hall–Kier alpha value is -2.18. The van der Waals surface area contributed by atoms with Crippen LogP contribution in [0.25, 0.3) is 0 Å². The van der Waals surface area contributed by atoms with Gasteiger partial charge in [-0.1, -0.05) is 43.3 Å². The highest BCUT2D eigenvalue weighted by Crippen LogP contribution is 2.23. The van der Waals surface area contributed by atoms with Gasteiger partial charge < -0.3 is 4.90 Å². The molecule has 0 aliphatic carbocycles. The number of amides is 1. The molecule has 0 bridgehead atoms. The fourth-order valence-electron chi connectivity index (χ4n) is 3.49. The summed E-state index contributed by atoms with van der Waals surface area (Å²) in [5.41, 5.74) is 3.18. The summed E-state index contributed by atoms with van der Waals surface area (Å²) in [5.74, 6) is 0.227. The van der Waals surface area contributed by atoms with Gasteiger partial charge in [0.1, 0.15) is 0 Å². The summed E-state index contributed by atoms with van der Waals surface area (Å²) in [6.07, 6.45) is 0.438. The minimum atomic E-state index is -3.52. The van der Waals surface area contributed by atoms with Crippen LogP contribution in [0.2, 0.25) is 0 Å². The molecule has 5 nitrogen and oxygen atoms in total. The summed E-state index contributed by atoms with van der Waals surface area (Å²) in [6, 6.07) is 15.2. The second-order valence-corrected chi connectivity index (χ2v) is 9.48. The third-order valence-electron chi connectivity index (χ3n) is 5.56.